The van der Waals surface area contributed by atoms with Crippen molar-refractivity contribution in [3.8, 4) is 5.75 Å². The Kier molecular flexibility index (Phi) is 3.05. The van der Waals surface area contributed by atoms with Crippen LogP contribution in [0.15, 0.2) is 35.5 Å². The molecule has 0 aliphatic carbocycles. The summed E-state index contributed by atoms with van der Waals surface area (Å²) >= 11 is 0. The minimum atomic E-state index is -0.553. The maximum Gasteiger partial charge on any atom is 0.418 e. The molecule has 0 saturated heterocycles. The monoisotopic (exact) mass is 220 g/mol. The van der Waals surface area contributed by atoms with Crippen LogP contribution in [0.1, 0.15) is 13.3 Å². The molecule has 1 N–H and O–H groups in total. The Morgan fingerprint density at radius 2 is 2.25 bits per heavy atom. The molecule has 1 aromatic rings. The number of rotatable bonds is 1. The number of nitrogens with zero attached hydrogens (tertiary/aromatic N) is 1. The summed E-state index contributed by atoms with van der Waals surface area (Å²) in [5, 5.41) is 6.22. The smallest absolute Gasteiger partial charge is 0.410 e. The molecule has 16 heavy (non-hydrogen) atoms. The number of benzene rings is 1. The maximum absolute atomic E-state index is 11.4. The summed E-state index contributed by atoms with van der Waals surface area (Å²) in [6, 6.07) is 8.84. The van der Waals surface area contributed by atoms with Crippen molar-refractivity contribution in [3.63, 3.8) is 0 Å². The predicted octanol–water partition coefficient (Wildman–Crippen LogP) is 1.90. The second-order valence-electron chi connectivity index (χ2n) is 3.49. The molecule has 1 aliphatic heterocycles. The number of amidine groups is 1. The zero-order valence-electron chi connectivity index (χ0n) is 8.84. The molecule has 1 heterocycles. The van der Waals surface area contributed by atoms with Crippen LogP contribution in [0.4, 0.5) is 4.79 Å². The van der Waals surface area contributed by atoms with E-state index in [0.717, 1.165) is 0 Å². The van der Waals surface area contributed by atoms with Crippen molar-refractivity contribution in [1.82, 2.24) is 5.32 Å². The topological polar surface area (TPSA) is 59.9 Å². The highest BCUT2D eigenvalue weighted by molar-refractivity contribution is 5.96. The Morgan fingerprint density at radius 3 is 2.88 bits per heavy atom. The van der Waals surface area contributed by atoms with Crippen molar-refractivity contribution >= 4 is 11.9 Å². The van der Waals surface area contributed by atoms with Gasteiger partial charge in [0.1, 0.15) is 11.9 Å². The Labute approximate surface area is 93.0 Å². The van der Waals surface area contributed by atoms with Crippen molar-refractivity contribution in [3.05, 3.63) is 30.3 Å². The molecular weight excluding hydrogens is 208 g/mol. The van der Waals surface area contributed by atoms with E-state index in [1.807, 2.05) is 13.0 Å². The molecule has 1 unspecified atom stereocenters. The van der Waals surface area contributed by atoms with E-state index in [4.69, 9.17) is 9.57 Å². The number of carbonyl (C=O) groups is 1. The van der Waals surface area contributed by atoms with E-state index in [0.29, 0.717) is 18.0 Å². The number of oxime groups is 1. The fourth-order valence-electron chi connectivity index (χ4n) is 1.31. The quantitative estimate of drug-likeness (QED) is 0.786. The molecule has 0 saturated carbocycles. The molecule has 2 rings (SSSR count). The minimum Gasteiger partial charge on any atom is -0.410 e. The fraction of sp³-hybridized carbons (Fsp3) is 0.273. The highest BCUT2D eigenvalue weighted by Crippen LogP contribution is 2.10. The molecule has 1 aliphatic rings. The Balaban J connectivity index is 1.86. The lowest BCUT2D eigenvalue weighted by Crippen LogP contribution is -2.32. The molecule has 1 aromatic carbocycles. The van der Waals surface area contributed by atoms with Gasteiger partial charge in [-0.3, -0.25) is 5.32 Å². The molecular formula is C11H12N2O3. The zero-order valence-corrected chi connectivity index (χ0v) is 8.84. The third kappa shape index (κ3) is 2.73. The molecule has 5 nitrogen and oxygen atoms in total. The normalized spacial score (nSPS) is 18.6. The van der Waals surface area contributed by atoms with E-state index in [9.17, 15) is 4.79 Å². The van der Waals surface area contributed by atoms with Crippen LogP contribution >= 0.6 is 0 Å². The van der Waals surface area contributed by atoms with Gasteiger partial charge in [-0.25, -0.2) is 4.79 Å². The van der Waals surface area contributed by atoms with Gasteiger partial charge in [0.15, 0.2) is 5.84 Å². The zero-order chi connectivity index (χ0) is 11.4. The third-order valence-corrected chi connectivity index (χ3v) is 2.02. The number of hydrogen-bond donors (Lipinski definition) is 1. The summed E-state index contributed by atoms with van der Waals surface area (Å²) in [4.78, 5) is 16.3. The molecule has 1 atom stereocenters. The first-order valence-electron chi connectivity index (χ1n) is 5.00. The second-order valence-corrected chi connectivity index (χ2v) is 3.49. The average Bonchev–Trinajstić information content (AvgIpc) is 2.65. The third-order valence-electron chi connectivity index (χ3n) is 2.02. The summed E-state index contributed by atoms with van der Waals surface area (Å²) in [5.74, 6) is 0.987. The molecule has 0 aromatic heterocycles. The van der Waals surface area contributed by atoms with Crippen molar-refractivity contribution in [2.45, 2.75) is 19.4 Å². The first-order valence-corrected chi connectivity index (χ1v) is 5.00. The van der Waals surface area contributed by atoms with Gasteiger partial charge in [0, 0.05) is 6.42 Å². The van der Waals surface area contributed by atoms with E-state index in [1.54, 1.807) is 24.3 Å². The van der Waals surface area contributed by atoms with Crippen LogP contribution in [0.25, 0.3) is 0 Å². The van der Waals surface area contributed by atoms with Gasteiger partial charge in [0.25, 0.3) is 0 Å². The first kappa shape index (κ1) is 10.5. The van der Waals surface area contributed by atoms with Crippen LogP contribution in [0.2, 0.25) is 0 Å². The summed E-state index contributed by atoms with van der Waals surface area (Å²) in [6.45, 7) is 1.88. The van der Waals surface area contributed by atoms with Gasteiger partial charge in [-0.05, 0) is 19.1 Å². The van der Waals surface area contributed by atoms with Crippen molar-refractivity contribution in [2.75, 3.05) is 0 Å². The van der Waals surface area contributed by atoms with E-state index in [2.05, 4.69) is 10.5 Å². The Bertz CT molecular complexity index is 403. The van der Waals surface area contributed by atoms with Crippen molar-refractivity contribution in [1.29, 1.82) is 0 Å². The summed E-state index contributed by atoms with van der Waals surface area (Å²) in [7, 11) is 0. The van der Waals surface area contributed by atoms with Crippen LogP contribution in [0.3, 0.4) is 0 Å². The van der Waals surface area contributed by atoms with E-state index < -0.39 is 6.09 Å². The molecule has 5 heteroatoms. The average molecular weight is 220 g/mol. The summed E-state index contributed by atoms with van der Waals surface area (Å²) in [5.41, 5.74) is 0. The minimum absolute atomic E-state index is 0.00650. The van der Waals surface area contributed by atoms with E-state index >= 15 is 0 Å². The highest BCUT2D eigenvalue weighted by atomic mass is 16.6. The van der Waals surface area contributed by atoms with E-state index in [1.165, 1.54) is 0 Å². The number of carbonyl (C=O) groups excluding carboxylic acids is 1. The summed E-state index contributed by atoms with van der Waals surface area (Å²) in [6.07, 6.45) is 0.0406. The molecule has 84 valence electrons. The van der Waals surface area contributed by atoms with E-state index in [-0.39, 0.29) is 6.10 Å². The number of amides is 1. The summed E-state index contributed by atoms with van der Waals surface area (Å²) < 4.78 is 5.03. The number of para-hydroxylation sites is 1. The molecule has 0 spiro atoms. The van der Waals surface area contributed by atoms with Gasteiger partial charge >= 0.3 is 6.09 Å². The van der Waals surface area contributed by atoms with Crippen LogP contribution in [0.5, 0.6) is 5.75 Å². The van der Waals surface area contributed by atoms with Gasteiger partial charge in [0.05, 0.1) is 0 Å². The number of nitrogens with one attached hydrogen (secondary N) is 1. The predicted molar refractivity (Wildman–Crippen MR) is 58.2 cm³/mol. The van der Waals surface area contributed by atoms with Crippen molar-refractivity contribution in [2.24, 2.45) is 5.16 Å². The molecule has 0 radical (unpaired) electrons. The van der Waals surface area contributed by atoms with Gasteiger partial charge in [-0.15, -0.1) is 0 Å². The van der Waals surface area contributed by atoms with Crippen LogP contribution in [-0.4, -0.2) is 18.0 Å². The molecule has 0 fully saturated rings. The largest absolute Gasteiger partial charge is 0.418 e. The Morgan fingerprint density at radius 1 is 1.50 bits per heavy atom. The lowest BCUT2D eigenvalue weighted by molar-refractivity contribution is 0.0994. The lowest BCUT2D eigenvalue weighted by atomic mass is 10.3. The first-order chi connectivity index (χ1) is 7.74. The molecule has 0 bridgehead atoms. The number of hydrogen-bond acceptors (Lipinski definition) is 4. The maximum atomic E-state index is 11.4. The second kappa shape index (κ2) is 4.65. The number of ether oxygens (including phenoxy) is 1. The highest BCUT2D eigenvalue weighted by Gasteiger charge is 2.18. The van der Waals surface area contributed by atoms with Gasteiger partial charge < -0.3 is 9.57 Å². The lowest BCUT2D eigenvalue weighted by Gasteiger charge is -2.04. The fourth-order valence-corrected chi connectivity index (χ4v) is 1.31. The SMILES string of the molecule is CC1CC(NC(=O)Oc2ccccc2)=NO1. The van der Waals surface area contributed by atoms with Crippen LogP contribution < -0.4 is 10.1 Å². The standard InChI is InChI=1S/C11H12N2O3/c1-8-7-10(13-16-8)12-11(14)15-9-5-3-2-4-6-9/h2-6,8H,7H2,1H3,(H,12,13,14). The Hall–Kier alpha value is -2.04. The van der Waals surface area contributed by atoms with Crippen LogP contribution in [0, 0.1) is 0 Å². The van der Waals surface area contributed by atoms with Gasteiger partial charge in [-0.1, -0.05) is 23.4 Å². The molecule has 1 amide bonds. The van der Waals surface area contributed by atoms with Crippen molar-refractivity contribution < 1.29 is 14.4 Å². The van der Waals surface area contributed by atoms with Gasteiger partial charge in [-0.2, -0.15) is 0 Å². The van der Waals surface area contributed by atoms with Gasteiger partial charge in [0.2, 0.25) is 0 Å². The van der Waals surface area contributed by atoms with Crippen LogP contribution in [-0.2, 0) is 4.84 Å².